The van der Waals surface area contributed by atoms with Crippen LogP contribution in [0.1, 0.15) is 51.4 Å². The molecule has 21 heavy (non-hydrogen) atoms. The Labute approximate surface area is 126 Å². The molecule has 0 bridgehead atoms. The van der Waals surface area contributed by atoms with Crippen molar-refractivity contribution in [3.63, 3.8) is 0 Å². The van der Waals surface area contributed by atoms with Crippen LogP contribution in [0.5, 0.6) is 0 Å². The summed E-state index contributed by atoms with van der Waals surface area (Å²) in [5.74, 6) is 0.533. The second-order valence-corrected chi connectivity index (χ2v) is 7.13. The SMILES string of the molecule is O=C(O)C1CCC(NC(=O)N(CC2CC2)CC2CC2)CC1. The lowest BCUT2D eigenvalue weighted by Crippen LogP contribution is -2.47. The maximum absolute atomic E-state index is 12.5. The van der Waals surface area contributed by atoms with Crippen molar-refractivity contribution in [1.82, 2.24) is 10.2 Å². The van der Waals surface area contributed by atoms with E-state index in [1.54, 1.807) is 0 Å². The molecule has 0 spiro atoms. The molecule has 0 aliphatic heterocycles. The van der Waals surface area contributed by atoms with Gasteiger partial charge in [-0.05, 0) is 63.2 Å². The van der Waals surface area contributed by atoms with Crippen LogP contribution in [0, 0.1) is 17.8 Å². The van der Waals surface area contributed by atoms with E-state index in [1.165, 1.54) is 25.7 Å². The molecule has 3 fully saturated rings. The van der Waals surface area contributed by atoms with Crippen LogP contribution in [-0.4, -0.2) is 41.1 Å². The highest BCUT2D eigenvalue weighted by Gasteiger charge is 2.33. The Morgan fingerprint density at radius 1 is 0.905 bits per heavy atom. The first kappa shape index (κ1) is 14.7. The zero-order valence-corrected chi connectivity index (χ0v) is 12.6. The Hall–Kier alpha value is -1.26. The van der Waals surface area contributed by atoms with Gasteiger partial charge in [0.25, 0.3) is 0 Å². The zero-order valence-electron chi connectivity index (χ0n) is 12.6. The molecule has 2 amide bonds. The summed E-state index contributed by atoms with van der Waals surface area (Å²) in [6, 6.07) is 0.238. The van der Waals surface area contributed by atoms with Crippen LogP contribution in [0.15, 0.2) is 0 Å². The van der Waals surface area contributed by atoms with Gasteiger partial charge in [0.1, 0.15) is 0 Å². The molecular weight excluding hydrogens is 268 g/mol. The number of carbonyl (C=O) groups excluding carboxylic acids is 1. The molecule has 0 radical (unpaired) electrons. The van der Waals surface area contributed by atoms with Gasteiger partial charge in [0, 0.05) is 19.1 Å². The fourth-order valence-corrected chi connectivity index (χ4v) is 3.22. The molecule has 5 heteroatoms. The number of aliphatic carboxylic acids is 1. The molecular formula is C16H26N2O3. The first-order valence-electron chi connectivity index (χ1n) is 8.40. The Kier molecular flexibility index (Phi) is 4.36. The number of carboxylic acids is 1. The predicted molar refractivity (Wildman–Crippen MR) is 78.9 cm³/mol. The van der Waals surface area contributed by atoms with Crippen molar-refractivity contribution in [2.24, 2.45) is 17.8 Å². The molecule has 2 N–H and O–H groups in total. The Morgan fingerprint density at radius 3 is 1.86 bits per heavy atom. The number of rotatable bonds is 6. The monoisotopic (exact) mass is 294 g/mol. The van der Waals surface area contributed by atoms with E-state index >= 15 is 0 Å². The van der Waals surface area contributed by atoms with Crippen LogP contribution in [0.25, 0.3) is 0 Å². The van der Waals surface area contributed by atoms with E-state index in [0.717, 1.165) is 37.8 Å². The number of carboxylic acid groups (broad SMARTS) is 1. The number of hydrogen-bond donors (Lipinski definition) is 2. The Morgan fingerprint density at radius 2 is 1.43 bits per heavy atom. The van der Waals surface area contributed by atoms with Gasteiger partial charge in [0.2, 0.25) is 0 Å². The molecule has 0 aromatic carbocycles. The third-order valence-corrected chi connectivity index (χ3v) is 5.04. The lowest BCUT2D eigenvalue weighted by atomic mass is 9.86. The number of nitrogens with one attached hydrogen (secondary N) is 1. The molecule has 0 atom stereocenters. The summed E-state index contributed by atoms with van der Waals surface area (Å²) >= 11 is 0. The lowest BCUT2D eigenvalue weighted by molar-refractivity contribution is -0.142. The minimum atomic E-state index is -0.691. The highest BCUT2D eigenvalue weighted by atomic mass is 16.4. The standard InChI is InChI=1S/C16H26N2O3/c19-15(20)13-5-7-14(8-6-13)17-16(21)18(9-11-1-2-11)10-12-3-4-12/h11-14H,1-10H2,(H,17,21)(H,19,20). The number of amides is 2. The quantitative estimate of drug-likeness (QED) is 0.790. The van der Waals surface area contributed by atoms with Gasteiger partial charge in [-0.2, -0.15) is 0 Å². The Balaban J connectivity index is 1.45. The largest absolute Gasteiger partial charge is 0.481 e. The summed E-state index contributed by atoms with van der Waals surface area (Å²) in [5, 5.41) is 12.1. The number of hydrogen-bond acceptors (Lipinski definition) is 2. The number of urea groups is 1. The fraction of sp³-hybridized carbons (Fsp3) is 0.875. The van der Waals surface area contributed by atoms with Crippen LogP contribution < -0.4 is 5.32 Å². The molecule has 3 aliphatic rings. The molecule has 0 heterocycles. The van der Waals surface area contributed by atoms with Gasteiger partial charge in [0.15, 0.2) is 0 Å². The fourth-order valence-electron chi connectivity index (χ4n) is 3.22. The maximum Gasteiger partial charge on any atom is 0.317 e. The van der Waals surface area contributed by atoms with Crippen LogP contribution in [0.2, 0.25) is 0 Å². The molecule has 0 aromatic heterocycles. The smallest absolute Gasteiger partial charge is 0.317 e. The van der Waals surface area contributed by atoms with Gasteiger partial charge in [-0.1, -0.05) is 0 Å². The van der Waals surface area contributed by atoms with Gasteiger partial charge in [0.05, 0.1) is 5.92 Å². The topological polar surface area (TPSA) is 69.6 Å². The second kappa shape index (κ2) is 6.24. The van der Waals surface area contributed by atoms with Crippen molar-refractivity contribution in [3.8, 4) is 0 Å². The third-order valence-electron chi connectivity index (χ3n) is 5.04. The molecule has 0 aromatic rings. The van der Waals surface area contributed by atoms with E-state index in [9.17, 15) is 9.59 Å². The average molecular weight is 294 g/mol. The van der Waals surface area contributed by atoms with Crippen molar-refractivity contribution >= 4 is 12.0 Å². The first-order valence-corrected chi connectivity index (χ1v) is 8.40. The summed E-state index contributed by atoms with van der Waals surface area (Å²) in [6.45, 7) is 1.82. The molecule has 3 rings (SSSR count). The molecule has 0 saturated heterocycles. The van der Waals surface area contributed by atoms with Gasteiger partial charge in [-0.3, -0.25) is 4.79 Å². The molecule has 3 aliphatic carbocycles. The van der Waals surface area contributed by atoms with Crippen molar-refractivity contribution < 1.29 is 14.7 Å². The average Bonchev–Trinajstić information content (AvgIpc) is 3.34. The van der Waals surface area contributed by atoms with E-state index < -0.39 is 5.97 Å². The summed E-state index contributed by atoms with van der Waals surface area (Å²) < 4.78 is 0. The highest BCUT2D eigenvalue weighted by Crippen LogP contribution is 2.34. The van der Waals surface area contributed by atoms with Crippen molar-refractivity contribution in [2.45, 2.75) is 57.4 Å². The van der Waals surface area contributed by atoms with E-state index in [1.807, 2.05) is 4.90 Å². The van der Waals surface area contributed by atoms with Crippen LogP contribution in [0.3, 0.4) is 0 Å². The van der Waals surface area contributed by atoms with Crippen LogP contribution in [-0.2, 0) is 4.79 Å². The molecule has 0 unspecified atom stereocenters. The summed E-state index contributed by atoms with van der Waals surface area (Å²) in [6.07, 6.45) is 8.01. The highest BCUT2D eigenvalue weighted by molar-refractivity contribution is 5.75. The van der Waals surface area contributed by atoms with E-state index in [0.29, 0.717) is 12.8 Å². The minimum Gasteiger partial charge on any atom is -0.481 e. The maximum atomic E-state index is 12.5. The molecule has 118 valence electrons. The molecule has 3 saturated carbocycles. The normalized spacial score (nSPS) is 29.0. The summed E-state index contributed by atoms with van der Waals surface area (Å²) in [4.78, 5) is 25.4. The van der Waals surface area contributed by atoms with Crippen molar-refractivity contribution in [3.05, 3.63) is 0 Å². The zero-order chi connectivity index (χ0) is 14.8. The van der Waals surface area contributed by atoms with Crippen molar-refractivity contribution in [1.29, 1.82) is 0 Å². The van der Waals surface area contributed by atoms with Gasteiger partial charge >= 0.3 is 12.0 Å². The van der Waals surface area contributed by atoms with Gasteiger partial charge < -0.3 is 15.3 Å². The minimum absolute atomic E-state index is 0.0765. The molecule has 5 nitrogen and oxygen atoms in total. The third kappa shape index (κ3) is 4.35. The number of carbonyl (C=O) groups is 2. The van der Waals surface area contributed by atoms with Gasteiger partial charge in [-0.25, -0.2) is 4.79 Å². The Bertz CT molecular complexity index is 382. The van der Waals surface area contributed by atoms with Crippen LogP contribution in [0.4, 0.5) is 4.79 Å². The summed E-state index contributed by atoms with van der Waals surface area (Å²) in [5.41, 5.74) is 0. The second-order valence-electron chi connectivity index (χ2n) is 7.13. The van der Waals surface area contributed by atoms with Crippen molar-refractivity contribution in [2.75, 3.05) is 13.1 Å². The lowest BCUT2D eigenvalue weighted by Gasteiger charge is -2.30. The van der Waals surface area contributed by atoms with Gasteiger partial charge in [-0.15, -0.1) is 0 Å². The van der Waals surface area contributed by atoms with E-state index in [2.05, 4.69) is 5.32 Å². The number of nitrogens with zero attached hydrogens (tertiary/aromatic N) is 1. The van der Waals surface area contributed by atoms with E-state index in [-0.39, 0.29) is 18.0 Å². The van der Waals surface area contributed by atoms with E-state index in [4.69, 9.17) is 5.11 Å². The first-order chi connectivity index (χ1) is 10.1. The predicted octanol–water partition coefficient (Wildman–Crippen LogP) is 2.46. The van der Waals surface area contributed by atoms with Crippen LogP contribution >= 0.6 is 0 Å². The summed E-state index contributed by atoms with van der Waals surface area (Å²) in [7, 11) is 0.